The first-order chi connectivity index (χ1) is 10.4. The normalized spacial score (nSPS) is 11.1. The lowest BCUT2D eigenvalue weighted by molar-refractivity contribution is 0.355. The number of anilines is 1. The Morgan fingerprint density at radius 2 is 1.64 bits per heavy atom. The van der Waals surface area contributed by atoms with Gasteiger partial charge in [0.1, 0.15) is 4.90 Å². The molecule has 0 aliphatic carbocycles. The molecule has 0 heterocycles. The fourth-order valence-corrected chi connectivity index (χ4v) is 4.11. The molecule has 5 nitrogen and oxygen atoms in total. The van der Waals surface area contributed by atoms with Gasteiger partial charge in [0.15, 0.2) is 11.5 Å². The van der Waals surface area contributed by atoms with Crippen molar-refractivity contribution in [1.29, 1.82) is 0 Å². The highest BCUT2D eigenvalue weighted by molar-refractivity contribution is 9.10. The molecule has 0 aliphatic rings. The summed E-state index contributed by atoms with van der Waals surface area (Å²) in [5.41, 5.74) is 0.480. The second-order valence-corrected chi connectivity index (χ2v) is 7.23. The van der Waals surface area contributed by atoms with E-state index in [1.165, 1.54) is 25.6 Å². The van der Waals surface area contributed by atoms with Crippen molar-refractivity contribution < 1.29 is 17.9 Å². The lowest BCUT2D eigenvalue weighted by Gasteiger charge is -2.21. The topological polar surface area (TPSA) is 55.8 Å². The van der Waals surface area contributed by atoms with E-state index in [0.717, 1.165) is 0 Å². The molecule has 118 valence electrons. The number of benzene rings is 2. The first-order valence-electron chi connectivity index (χ1n) is 6.37. The summed E-state index contributed by atoms with van der Waals surface area (Å²) in [6, 6.07) is 11.6. The minimum absolute atomic E-state index is 0.201. The maximum atomic E-state index is 12.7. The van der Waals surface area contributed by atoms with E-state index < -0.39 is 10.0 Å². The fourth-order valence-electron chi connectivity index (χ4n) is 1.96. The molecular formula is C15H16BrNO4S. The second-order valence-electron chi connectivity index (χ2n) is 4.44. The van der Waals surface area contributed by atoms with Crippen molar-refractivity contribution in [3.8, 4) is 11.5 Å². The van der Waals surface area contributed by atoms with Crippen LogP contribution in [0.15, 0.2) is 51.8 Å². The van der Waals surface area contributed by atoms with E-state index in [1.54, 1.807) is 42.5 Å². The first-order valence-corrected chi connectivity index (χ1v) is 8.60. The highest BCUT2D eigenvalue weighted by atomic mass is 79.9. The average Bonchev–Trinajstić information content (AvgIpc) is 2.53. The zero-order valence-electron chi connectivity index (χ0n) is 12.4. The lowest BCUT2D eigenvalue weighted by Crippen LogP contribution is -2.26. The molecule has 0 bridgehead atoms. The lowest BCUT2D eigenvalue weighted by atomic mass is 10.3. The molecule has 0 saturated carbocycles. The Morgan fingerprint density at radius 3 is 2.23 bits per heavy atom. The van der Waals surface area contributed by atoms with Crippen LogP contribution in [-0.4, -0.2) is 29.7 Å². The molecule has 0 N–H and O–H groups in total. The Labute approximate surface area is 138 Å². The summed E-state index contributed by atoms with van der Waals surface area (Å²) in [5.74, 6) is 1.01. The number of halogens is 1. The van der Waals surface area contributed by atoms with Crippen LogP contribution in [0.2, 0.25) is 0 Å². The molecule has 2 aromatic rings. The van der Waals surface area contributed by atoms with Gasteiger partial charge in [-0.15, -0.1) is 0 Å². The standard InChI is InChI=1S/C15H16BrNO4S/c1-17(11-8-9-13(20-2)14(10-11)21-3)22(18,19)15-7-5-4-6-12(15)16/h4-10H,1-3H3. The first kappa shape index (κ1) is 16.6. The summed E-state index contributed by atoms with van der Waals surface area (Å²) >= 11 is 3.27. The monoisotopic (exact) mass is 385 g/mol. The van der Waals surface area contributed by atoms with E-state index in [-0.39, 0.29) is 4.90 Å². The minimum atomic E-state index is -3.68. The Balaban J connectivity index is 2.47. The van der Waals surface area contributed by atoms with Crippen molar-refractivity contribution in [2.75, 3.05) is 25.6 Å². The van der Waals surface area contributed by atoms with Crippen LogP contribution in [0.25, 0.3) is 0 Å². The van der Waals surface area contributed by atoms with Gasteiger partial charge in [0.05, 0.1) is 19.9 Å². The molecule has 0 saturated heterocycles. The Bertz CT molecular complexity index is 777. The molecule has 0 atom stereocenters. The second kappa shape index (κ2) is 6.58. The molecule has 0 radical (unpaired) electrons. The van der Waals surface area contributed by atoms with Crippen LogP contribution in [0.4, 0.5) is 5.69 Å². The van der Waals surface area contributed by atoms with E-state index in [4.69, 9.17) is 9.47 Å². The van der Waals surface area contributed by atoms with E-state index in [0.29, 0.717) is 21.7 Å². The summed E-state index contributed by atoms with van der Waals surface area (Å²) < 4.78 is 37.6. The third-order valence-corrected chi connectivity index (χ3v) is 6.00. The molecule has 0 aromatic heterocycles. The van der Waals surface area contributed by atoms with Gasteiger partial charge in [0, 0.05) is 17.6 Å². The van der Waals surface area contributed by atoms with Gasteiger partial charge in [-0.05, 0) is 40.2 Å². The molecule has 0 amide bonds. The number of ether oxygens (including phenoxy) is 2. The quantitative estimate of drug-likeness (QED) is 0.792. The van der Waals surface area contributed by atoms with Crippen molar-refractivity contribution in [2.24, 2.45) is 0 Å². The largest absolute Gasteiger partial charge is 0.493 e. The van der Waals surface area contributed by atoms with Crippen LogP contribution < -0.4 is 13.8 Å². The summed E-state index contributed by atoms with van der Waals surface area (Å²) in [6.07, 6.45) is 0. The molecule has 0 spiro atoms. The number of hydrogen-bond donors (Lipinski definition) is 0. The number of rotatable bonds is 5. The summed E-state index contributed by atoms with van der Waals surface area (Å²) in [6.45, 7) is 0. The van der Waals surface area contributed by atoms with E-state index in [9.17, 15) is 8.42 Å². The number of nitrogens with zero attached hydrogens (tertiary/aromatic N) is 1. The van der Waals surface area contributed by atoms with Gasteiger partial charge in [-0.3, -0.25) is 4.31 Å². The Kier molecular flexibility index (Phi) is 4.97. The van der Waals surface area contributed by atoms with Gasteiger partial charge >= 0.3 is 0 Å². The molecule has 0 unspecified atom stereocenters. The molecule has 0 fully saturated rings. The SMILES string of the molecule is COc1ccc(N(C)S(=O)(=O)c2ccccc2Br)cc1OC. The van der Waals surface area contributed by atoms with Crippen molar-refractivity contribution >= 4 is 31.6 Å². The van der Waals surface area contributed by atoms with Crippen LogP contribution >= 0.6 is 15.9 Å². The van der Waals surface area contributed by atoms with Crippen LogP contribution in [0.3, 0.4) is 0 Å². The van der Waals surface area contributed by atoms with Crippen LogP contribution in [0.5, 0.6) is 11.5 Å². The average molecular weight is 386 g/mol. The van der Waals surface area contributed by atoms with E-state index in [1.807, 2.05) is 0 Å². The number of hydrogen-bond acceptors (Lipinski definition) is 4. The Hall–Kier alpha value is -1.73. The Morgan fingerprint density at radius 1 is 1.00 bits per heavy atom. The minimum Gasteiger partial charge on any atom is -0.493 e. The third kappa shape index (κ3) is 3.05. The van der Waals surface area contributed by atoms with Crippen molar-refractivity contribution in [1.82, 2.24) is 0 Å². The zero-order valence-corrected chi connectivity index (χ0v) is 14.8. The molecular weight excluding hydrogens is 370 g/mol. The third-order valence-electron chi connectivity index (χ3n) is 3.21. The predicted octanol–water partition coefficient (Wildman–Crippen LogP) is 3.29. The molecule has 2 aromatic carbocycles. The maximum absolute atomic E-state index is 12.7. The molecule has 2 rings (SSSR count). The summed E-state index contributed by atoms with van der Waals surface area (Å²) in [4.78, 5) is 0.201. The van der Waals surface area contributed by atoms with Gasteiger partial charge < -0.3 is 9.47 Å². The zero-order chi connectivity index (χ0) is 16.3. The van der Waals surface area contributed by atoms with Crippen LogP contribution in [0, 0.1) is 0 Å². The maximum Gasteiger partial charge on any atom is 0.265 e. The highest BCUT2D eigenvalue weighted by Crippen LogP contribution is 2.34. The van der Waals surface area contributed by atoms with Gasteiger partial charge in [-0.2, -0.15) is 0 Å². The van der Waals surface area contributed by atoms with Crippen LogP contribution in [-0.2, 0) is 10.0 Å². The smallest absolute Gasteiger partial charge is 0.265 e. The van der Waals surface area contributed by atoms with Crippen LogP contribution in [0.1, 0.15) is 0 Å². The highest BCUT2D eigenvalue weighted by Gasteiger charge is 2.24. The van der Waals surface area contributed by atoms with Crippen molar-refractivity contribution in [3.05, 3.63) is 46.9 Å². The summed E-state index contributed by atoms with van der Waals surface area (Å²) in [5, 5.41) is 0. The van der Waals surface area contributed by atoms with Gasteiger partial charge in [-0.1, -0.05) is 12.1 Å². The van der Waals surface area contributed by atoms with E-state index >= 15 is 0 Å². The summed E-state index contributed by atoms with van der Waals surface area (Å²) in [7, 11) is 0.850. The van der Waals surface area contributed by atoms with Crippen molar-refractivity contribution in [3.63, 3.8) is 0 Å². The molecule has 0 aliphatic heterocycles. The van der Waals surface area contributed by atoms with Gasteiger partial charge in [-0.25, -0.2) is 8.42 Å². The van der Waals surface area contributed by atoms with E-state index in [2.05, 4.69) is 15.9 Å². The van der Waals surface area contributed by atoms with Gasteiger partial charge in [0.2, 0.25) is 0 Å². The predicted molar refractivity (Wildman–Crippen MR) is 89.3 cm³/mol. The van der Waals surface area contributed by atoms with Crippen molar-refractivity contribution in [2.45, 2.75) is 4.90 Å². The molecule has 7 heteroatoms. The number of sulfonamides is 1. The van der Waals surface area contributed by atoms with Gasteiger partial charge in [0.25, 0.3) is 10.0 Å². The molecule has 22 heavy (non-hydrogen) atoms. The fraction of sp³-hybridized carbons (Fsp3) is 0.200. The number of methoxy groups -OCH3 is 2.